The van der Waals surface area contributed by atoms with E-state index < -0.39 is 22.9 Å². The highest BCUT2D eigenvalue weighted by molar-refractivity contribution is 5.83. The van der Waals surface area contributed by atoms with Gasteiger partial charge in [-0.2, -0.15) is 0 Å². The zero-order valence-electron chi connectivity index (χ0n) is 11.6. The van der Waals surface area contributed by atoms with E-state index in [1.807, 2.05) is 0 Å². The van der Waals surface area contributed by atoms with Crippen LogP contribution in [0.2, 0.25) is 0 Å². The first-order valence-corrected chi connectivity index (χ1v) is 6.76. The van der Waals surface area contributed by atoms with Crippen LogP contribution in [-0.4, -0.2) is 34.2 Å². The number of hydrogen-bond donors (Lipinski definition) is 3. The average Bonchev–Trinajstić information content (AvgIpc) is 2.34. The van der Waals surface area contributed by atoms with Crippen LogP contribution in [0.3, 0.4) is 0 Å². The van der Waals surface area contributed by atoms with Gasteiger partial charge in [-0.3, -0.25) is 9.59 Å². The number of carboxylic acids is 2. The van der Waals surface area contributed by atoms with Gasteiger partial charge in [0, 0.05) is 0 Å². The van der Waals surface area contributed by atoms with Gasteiger partial charge in [0.05, 0.1) is 5.41 Å². The summed E-state index contributed by atoms with van der Waals surface area (Å²) in [6, 6.07) is 0. The fourth-order valence-corrected chi connectivity index (χ4v) is 2.50. The summed E-state index contributed by atoms with van der Waals surface area (Å²) in [4.78, 5) is 22.9. The molecule has 0 aromatic heterocycles. The van der Waals surface area contributed by atoms with Crippen molar-refractivity contribution in [1.82, 2.24) is 5.32 Å². The summed E-state index contributed by atoms with van der Waals surface area (Å²) in [6.45, 7) is 4.25. The van der Waals surface area contributed by atoms with Gasteiger partial charge >= 0.3 is 11.9 Å². The number of nitrogens with one attached hydrogen (secondary N) is 1. The van der Waals surface area contributed by atoms with E-state index in [0.717, 1.165) is 19.3 Å². The van der Waals surface area contributed by atoms with Gasteiger partial charge in [0.2, 0.25) is 0 Å². The number of unbranched alkanes of at least 4 members (excludes halogenated alkanes) is 2. The second kappa shape index (κ2) is 6.19. The number of hydrogen-bond acceptors (Lipinski definition) is 3. The fraction of sp³-hybridized carbons (Fsp3) is 0.714. The van der Waals surface area contributed by atoms with Crippen molar-refractivity contribution in [2.24, 2.45) is 5.41 Å². The minimum absolute atomic E-state index is 0.0767. The van der Waals surface area contributed by atoms with Crippen LogP contribution < -0.4 is 5.32 Å². The molecule has 1 aliphatic carbocycles. The van der Waals surface area contributed by atoms with Crippen LogP contribution in [0.1, 0.15) is 46.0 Å². The molecular weight excluding hydrogens is 246 g/mol. The van der Waals surface area contributed by atoms with Crippen LogP contribution in [0.15, 0.2) is 12.2 Å². The zero-order valence-corrected chi connectivity index (χ0v) is 11.6. The average molecular weight is 269 g/mol. The molecule has 108 valence electrons. The second-order valence-corrected chi connectivity index (χ2v) is 5.53. The molecule has 0 fully saturated rings. The molecule has 5 nitrogen and oxygen atoms in total. The van der Waals surface area contributed by atoms with Crippen molar-refractivity contribution in [1.29, 1.82) is 0 Å². The summed E-state index contributed by atoms with van der Waals surface area (Å²) in [5.74, 6) is -1.95. The van der Waals surface area contributed by atoms with Crippen LogP contribution in [0, 0.1) is 5.41 Å². The molecule has 2 atom stereocenters. The molecule has 0 aromatic carbocycles. The van der Waals surface area contributed by atoms with Gasteiger partial charge in [-0.1, -0.05) is 31.9 Å². The van der Waals surface area contributed by atoms with Gasteiger partial charge in [0.1, 0.15) is 5.54 Å². The molecule has 0 saturated carbocycles. The molecule has 0 bridgehead atoms. The molecule has 2 unspecified atom stereocenters. The third kappa shape index (κ3) is 3.56. The monoisotopic (exact) mass is 269 g/mol. The molecule has 1 rings (SSSR count). The maximum atomic E-state index is 11.6. The van der Waals surface area contributed by atoms with E-state index in [9.17, 15) is 19.8 Å². The molecule has 0 aromatic rings. The molecule has 0 saturated heterocycles. The predicted molar refractivity (Wildman–Crippen MR) is 72.0 cm³/mol. The lowest BCUT2D eigenvalue weighted by Crippen LogP contribution is -2.57. The van der Waals surface area contributed by atoms with Crippen LogP contribution in [-0.2, 0) is 9.59 Å². The normalized spacial score (nSPS) is 30.2. The lowest BCUT2D eigenvalue weighted by Gasteiger charge is -2.38. The Labute approximate surface area is 113 Å². The molecule has 19 heavy (non-hydrogen) atoms. The number of rotatable bonds is 7. The largest absolute Gasteiger partial charge is 0.481 e. The predicted octanol–water partition coefficient (Wildman–Crippen LogP) is 2.03. The Kier molecular flexibility index (Phi) is 5.11. The minimum atomic E-state index is -1.16. The first kappa shape index (κ1) is 15.7. The molecule has 1 aliphatic rings. The van der Waals surface area contributed by atoms with Crippen molar-refractivity contribution in [3.05, 3.63) is 12.2 Å². The van der Waals surface area contributed by atoms with Gasteiger partial charge < -0.3 is 15.5 Å². The Morgan fingerprint density at radius 1 is 1.26 bits per heavy atom. The fourth-order valence-electron chi connectivity index (χ4n) is 2.50. The molecule has 0 aliphatic heterocycles. The smallest absolute Gasteiger partial charge is 0.324 e. The summed E-state index contributed by atoms with van der Waals surface area (Å²) in [5.41, 5.74) is -2.27. The standard InChI is InChI=1S/C14H23NO4/c1-3-4-5-9-15-14(12(18)19)8-6-7-13(2,10-14)11(16)17/h6-7,15H,3-5,8-10H2,1-2H3,(H,16,17)(H,18,19). The lowest BCUT2D eigenvalue weighted by atomic mass is 9.71. The molecule has 0 radical (unpaired) electrons. The van der Waals surface area contributed by atoms with Crippen molar-refractivity contribution >= 4 is 11.9 Å². The van der Waals surface area contributed by atoms with E-state index in [1.54, 1.807) is 19.1 Å². The molecule has 0 heterocycles. The van der Waals surface area contributed by atoms with E-state index in [-0.39, 0.29) is 6.42 Å². The molecule has 0 spiro atoms. The van der Waals surface area contributed by atoms with E-state index in [0.29, 0.717) is 13.0 Å². The first-order valence-electron chi connectivity index (χ1n) is 6.76. The summed E-state index contributed by atoms with van der Waals surface area (Å²) in [7, 11) is 0. The topological polar surface area (TPSA) is 86.6 Å². The first-order chi connectivity index (χ1) is 8.86. The summed E-state index contributed by atoms with van der Waals surface area (Å²) in [5, 5.41) is 21.8. The Balaban J connectivity index is 2.81. The van der Waals surface area contributed by atoms with Crippen LogP contribution in [0.5, 0.6) is 0 Å². The number of aliphatic carboxylic acids is 2. The maximum absolute atomic E-state index is 11.6. The Morgan fingerprint density at radius 3 is 2.47 bits per heavy atom. The van der Waals surface area contributed by atoms with Gasteiger partial charge in [-0.15, -0.1) is 0 Å². The van der Waals surface area contributed by atoms with Gasteiger partial charge in [0.25, 0.3) is 0 Å². The number of carboxylic acid groups (broad SMARTS) is 2. The minimum Gasteiger partial charge on any atom is -0.481 e. The van der Waals surface area contributed by atoms with Gasteiger partial charge in [0.15, 0.2) is 0 Å². The Bertz CT molecular complexity index is 380. The Hall–Kier alpha value is -1.36. The van der Waals surface area contributed by atoms with Crippen LogP contribution in [0.25, 0.3) is 0 Å². The highest BCUT2D eigenvalue weighted by atomic mass is 16.4. The lowest BCUT2D eigenvalue weighted by molar-refractivity contribution is -0.151. The SMILES string of the molecule is CCCCCNC1(C(=O)O)CC=CC(C)(C(=O)O)C1. The maximum Gasteiger partial charge on any atom is 0.324 e. The van der Waals surface area contributed by atoms with E-state index in [1.165, 1.54) is 0 Å². The molecule has 5 heteroatoms. The van der Waals surface area contributed by atoms with Gasteiger partial charge in [-0.05, 0) is 32.7 Å². The van der Waals surface area contributed by atoms with E-state index in [4.69, 9.17) is 0 Å². The Morgan fingerprint density at radius 2 is 1.95 bits per heavy atom. The van der Waals surface area contributed by atoms with Crippen molar-refractivity contribution in [3.8, 4) is 0 Å². The van der Waals surface area contributed by atoms with Crippen molar-refractivity contribution in [3.63, 3.8) is 0 Å². The third-order valence-electron chi connectivity index (χ3n) is 3.76. The summed E-state index contributed by atoms with van der Waals surface area (Å²) >= 11 is 0. The van der Waals surface area contributed by atoms with E-state index >= 15 is 0 Å². The highest BCUT2D eigenvalue weighted by Crippen LogP contribution is 2.37. The molecule has 0 amide bonds. The summed E-state index contributed by atoms with van der Waals surface area (Å²) in [6.07, 6.45) is 6.68. The van der Waals surface area contributed by atoms with Gasteiger partial charge in [-0.25, -0.2) is 0 Å². The van der Waals surface area contributed by atoms with E-state index in [2.05, 4.69) is 12.2 Å². The van der Waals surface area contributed by atoms with Crippen molar-refractivity contribution in [2.45, 2.75) is 51.5 Å². The molecule has 3 N–H and O–H groups in total. The zero-order chi connectivity index (χ0) is 14.5. The van der Waals surface area contributed by atoms with Crippen molar-refractivity contribution in [2.75, 3.05) is 6.54 Å². The van der Waals surface area contributed by atoms with Crippen molar-refractivity contribution < 1.29 is 19.8 Å². The summed E-state index contributed by atoms with van der Waals surface area (Å²) < 4.78 is 0. The third-order valence-corrected chi connectivity index (χ3v) is 3.76. The number of carbonyl (C=O) groups is 2. The van der Waals surface area contributed by atoms with Crippen LogP contribution >= 0.6 is 0 Å². The quantitative estimate of drug-likeness (QED) is 0.486. The highest BCUT2D eigenvalue weighted by Gasteiger charge is 2.48. The molecular formula is C14H23NO4. The second-order valence-electron chi connectivity index (χ2n) is 5.53. The van der Waals surface area contributed by atoms with Crippen LogP contribution in [0.4, 0.5) is 0 Å².